The van der Waals surface area contributed by atoms with Gasteiger partial charge in [0.25, 0.3) is 10.9 Å². The summed E-state index contributed by atoms with van der Waals surface area (Å²) >= 11 is 0. The molecular formula is C17H25N3O4. The van der Waals surface area contributed by atoms with Gasteiger partial charge in [-0.3, -0.25) is 14.4 Å². The summed E-state index contributed by atoms with van der Waals surface area (Å²) in [6, 6.07) is 0.233. The van der Waals surface area contributed by atoms with Gasteiger partial charge in [-0.2, -0.15) is 0 Å². The molecule has 0 spiro atoms. The summed E-state index contributed by atoms with van der Waals surface area (Å²) in [5.41, 5.74) is 5.28. The van der Waals surface area contributed by atoms with Gasteiger partial charge in [0, 0.05) is 38.1 Å². The zero-order chi connectivity index (χ0) is 17.3. The van der Waals surface area contributed by atoms with Gasteiger partial charge in [-0.05, 0) is 32.6 Å². The lowest BCUT2D eigenvalue weighted by Crippen LogP contribution is -2.53. The van der Waals surface area contributed by atoms with Crippen LogP contribution in [0.3, 0.4) is 0 Å². The molecule has 3 rings (SSSR count). The minimum absolute atomic E-state index is 0.0847. The lowest BCUT2D eigenvalue weighted by molar-refractivity contribution is -0.136. The number of ether oxygens (including phenoxy) is 1. The Morgan fingerprint density at radius 2 is 1.71 bits per heavy atom. The third kappa shape index (κ3) is 3.05. The van der Waals surface area contributed by atoms with Crippen molar-refractivity contribution in [1.29, 1.82) is 0 Å². The number of anilines is 1. The first kappa shape index (κ1) is 17.0. The van der Waals surface area contributed by atoms with Crippen molar-refractivity contribution in [3.63, 3.8) is 0 Å². The van der Waals surface area contributed by atoms with Gasteiger partial charge in [-0.1, -0.05) is 0 Å². The normalized spacial score (nSPS) is 25.1. The summed E-state index contributed by atoms with van der Waals surface area (Å²) in [7, 11) is 0. The first-order chi connectivity index (χ1) is 11.5. The van der Waals surface area contributed by atoms with Crippen LogP contribution >= 0.6 is 0 Å². The van der Waals surface area contributed by atoms with E-state index < -0.39 is 10.9 Å². The maximum absolute atomic E-state index is 12.6. The van der Waals surface area contributed by atoms with E-state index in [0.29, 0.717) is 38.5 Å². The predicted molar refractivity (Wildman–Crippen MR) is 91.2 cm³/mol. The quantitative estimate of drug-likeness (QED) is 0.769. The number of hydrogen-bond acceptors (Lipinski definition) is 6. The second-order valence-electron chi connectivity index (χ2n) is 6.69. The van der Waals surface area contributed by atoms with Gasteiger partial charge >= 0.3 is 0 Å². The molecule has 0 radical (unpaired) electrons. The third-order valence-corrected chi connectivity index (χ3v) is 5.16. The Kier molecular flexibility index (Phi) is 4.89. The molecule has 1 aromatic rings. The van der Waals surface area contributed by atoms with Crippen molar-refractivity contribution in [3.8, 4) is 5.75 Å². The SMILES string of the molecule is CCOc1c(N2CCN(C(=O)C3CCC(N)CC3)CC2)c(=O)c1=O. The first-order valence-corrected chi connectivity index (χ1v) is 8.78. The molecule has 1 saturated carbocycles. The Labute approximate surface area is 141 Å². The van der Waals surface area contributed by atoms with Crippen LogP contribution in [0.15, 0.2) is 9.59 Å². The van der Waals surface area contributed by atoms with Crippen LogP contribution in [0.25, 0.3) is 0 Å². The van der Waals surface area contributed by atoms with Gasteiger partial charge in [0.05, 0.1) is 6.61 Å². The van der Waals surface area contributed by atoms with Crippen molar-refractivity contribution in [1.82, 2.24) is 4.90 Å². The number of rotatable bonds is 4. The van der Waals surface area contributed by atoms with Gasteiger partial charge in [0.15, 0.2) is 5.75 Å². The van der Waals surface area contributed by atoms with Crippen molar-refractivity contribution in [2.24, 2.45) is 11.7 Å². The van der Waals surface area contributed by atoms with E-state index in [2.05, 4.69) is 0 Å². The number of piperazine rings is 1. The molecule has 1 saturated heterocycles. The van der Waals surface area contributed by atoms with Gasteiger partial charge in [0.2, 0.25) is 5.91 Å². The molecule has 0 aromatic heterocycles. The van der Waals surface area contributed by atoms with Crippen molar-refractivity contribution in [2.75, 3.05) is 37.7 Å². The Morgan fingerprint density at radius 1 is 1.08 bits per heavy atom. The summed E-state index contributed by atoms with van der Waals surface area (Å²) in [6.45, 7) is 4.41. The molecule has 0 atom stereocenters. The average molecular weight is 335 g/mol. The topological polar surface area (TPSA) is 92.9 Å². The van der Waals surface area contributed by atoms with E-state index >= 15 is 0 Å². The van der Waals surface area contributed by atoms with Crippen LogP contribution in [0, 0.1) is 5.92 Å². The molecule has 2 aliphatic rings. The molecule has 1 heterocycles. The van der Waals surface area contributed by atoms with Crippen molar-refractivity contribution < 1.29 is 9.53 Å². The molecule has 7 heteroatoms. The van der Waals surface area contributed by atoms with Crippen LogP contribution in [-0.4, -0.2) is 49.6 Å². The lowest BCUT2D eigenvalue weighted by Gasteiger charge is -2.39. The second-order valence-corrected chi connectivity index (χ2v) is 6.69. The Balaban J connectivity index is 1.58. The van der Waals surface area contributed by atoms with E-state index in [0.717, 1.165) is 25.7 Å². The molecule has 0 bridgehead atoms. The van der Waals surface area contributed by atoms with Crippen LogP contribution < -0.4 is 26.2 Å². The first-order valence-electron chi connectivity index (χ1n) is 8.78. The summed E-state index contributed by atoms with van der Waals surface area (Å²) in [4.78, 5) is 39.8. The highest BCUT2D eigenvalue weighted by atomic mass is 16.5. The molecule has 132 valence electrons. The molecular weight excluding hydrogens is 310 g/mol. The minimum atomic E-state index is -0.538. The maximum Gasteiger partial charge on any atom is 0.272 e. The molecule has 1 aliphatic heterocycles. The lowest BCUT2D eigenvalue weighted by atomic mass is 9.85. The van der Waals surface area contributed by atoms with Crippen LogP contribution in [-0.2, 0) is 4.79 Å². The fraction of sp³-hybridized carbons (Fsp3) is 0.706. The number of amides is 1. The van der Waals surface area contributed by atoms with Gasteiger partial charge in [0.1, 0.15) is 5.69 Å². The molecule has 1 amide bonds. The van der Waals surface area contributed by atoms with E-state index in [4.69, 9.17) is 10.5 Å². The number of carbonyl (C=O) groups excluding carboxylic acids is 1. The van der Waals surface area contributed by atoms with Gasteiger partial charge in [-0.15, -0.1) is 0 Å². The molecule has 7 nitrogen and oxygen atoms in total. The fourth-order valence-corrected chi connectivity index (χ4v) is 3.70. The van der Waals surface area contributed by atoms with E-state index in [1.165, 1.54) is 0 Å². The molecule has 1 aliphatic carbocycles. The van der Waals surface area contributed by atoms with Crippen LogP contribution in [0.2, 0.25) is 0 Å². The zero-order valence-electron chi connectivity index (χ0n) is 14.1. The number of nitrogens with zero attached hydrogens (tertiary/aromatic N) is 2. The van der Waals surface area contributed by atoms with E-state index in [1.807, 2.05) is 9.80 Å². The summed E-state index contributed by atoms with van der Waals surface area (Å²) in [5.74, 6) is 0.474. The van der Waals surface area contributed by atoms with E-state index in [-0.39, 0.29) is 23.6 Å². The monoisotopic (exact) mass is 335 g/mol. The molecule has 24 heavy (non-hydrogen) atoms. The van der Waals surface area contributed by atoms with Gasteiger partial charge in [-0.25, -0.2) is 0 Å². The molecule has 1 aromatic carbocycles. The maximum atomic E-state index is 12.6. The summed E-state index contributed by atoms with van der Waals surface area (Å²) in [6.07, 6.45) is 3.56. The highest BCUT2D eigenvalue weighted by Gasteiger charge is 2.33. The second kappa shape index (κ2) is 6.93. The predicted octanol–water partition coefficient (Wildman–Crippen LogP) is -0.153. The average Bonchev–Trinajstić information content (AvgIpc) is 2.61. The summed E-state index contributed by atoms with van der Waals surface area (Å²) < 4.78 is 5.28. The molecule has 0 unspecified atom stereocenters. The van der Waals surface area contributed by atoms with Crippen LogP contribution in [0.1, 0.15) is 32.6 Å². The smallest absolute Gasteiger partial charge is 0.272 e. The fourth-order valence-electron chi connectivity index (χ4n) is 3.70. The number of hydrogen-bond donors (Lipinski definition) is 1. The van der Waals surface area contributed by atoms with Crippen LogP contribution in [0.4, 0.5) is 5.69 Å². The minimum Gasteiger partial charge on any atom is -0.488 e. The Hall–Kier alpha value is -1.89. The largest absolute Gasteiger partial charge is 0.488 e. The Morgan fingerprint density at radius 3 is 2.29 bits per heavy atom. The highest BCUT2D eigenvalue weighted by Crippen LogP contribution is 2.27. The third-order valence-electron chi connectivity index (χ3n) is 5.16. The van der Waals surface area contributed by atoms with Crippen molar-refractivity contribution in [3.05, 3.63) is 20.4 Å². The summed E-state index contributed by atoms with van der Waals surface area (Å²) in [5, 5.41) is 0. The Bertz CT molecular complexity index is 664. The van der Waals surface area contributed by atoms with Crippen molar-refractivity contribution >= 4 is 11.6 Å². The van der Waals surface area contributed by atoms with Crippen molar-refractivity contribution in [2.45, 2.75) is 38.6 Å². The molecule has 2 N–H and O–H groups in total. The van der Waals surface area contributed by atoms with Crippen LogP contribution in [0.5, 0.6) is 5.75 Å². The standard InChI is InChI=1S/C17H25N3O4/c1-2-24-16-13(14(21)15(16)22)19-7-9-20(10-8-19)17(23)11-3-5-12(18)6-4-11/h11-12H,2-10,18H2,1H3. The number of nitrogens with two attached hydrogens (primary N) is 1. The molecule has 2 fully saturated rings. The van der Waals surface area contributed by atoms with Gasteiger partial charge < -0.3 is 20.3 Å². The highest BCUT2D eigenvalue weighted by molar-refractivity contribution is 5.79. The zero-order valence-corrected chi connectivity index (χ0v) is 14.1. The van der Waals surface area contributed by atoms with E-state index in [9.17, 15) is 14.4 Å². The van der Waals surface area contributed by atoms with E-state index in [1.54, 1.807) is 6.92 Å². The number of carbonyl (C=O) groups is 1.